The minimum atomic E-state index is -1.04. The number of carboxylic acids is 1. The molecule has 1 fully saturated rings. The molecule has 3 nitrogen and oxygen atoms in total. The average molecular weight is 279 g/mol. The van der Waals surface area contributed by atoms with Gasteiger partial charge in [0, 0.05) is 6.04 Å². The van der Waals surface area contributed by atoms with Crippen molar-refractivity contribution in [2.24, 2.45) is 11.3 Å². The molecule has 2 atom stereocenters. The number of hydrogen-bond donors (Lipinski definition) is 2. The van der Waals surface area contributed by atoms with Gasteiger partial charge in [0.25, 0.3) is 0 Å². The fourth-order valence-corrected chi connectivity index (χ4v) is 3.44. The summed E-state index contributed by atoms with van der Waals surface area (Å²) in [5, 5.41) is 12.2. The standard InChI is InChI=1S/C16H22FNO2/c1-10-6-12(9-16(2,3)8-10)18-14-7-11(15(19)20)4-5-13(14)17/h4-5,7,10,12,18H,6,8-9H2,1-3H3,(H,19,20). The number of halogens is 1. The van der Waals surface area contributed by atoms with Crippen LogP contribution < -0.4 is 5.32 Å². The Morgan fingerprint density at radius 2 is 2.10 bits per heavy atom. The third-order valence-corrected chi connectivity index (χ3v) is 3.96. The molecular weight excluding hydrogens is 257 g/mol. The van der Waals surface area contributed by atoms with Crippen molar-refractivity contribution in [1.82, 2.24) is 0 Å². The fourth-order valence-electron chi connectivity index (χ4n) is 3.44. The summed E-state index contributed by atoms with van der Waals surface area (Å²) in [5.41, 5.74) is 0.632. The maximum Gasteiger partial charge on any atom is 0.335 e. The SMILES string of the molecule is CC1CC(Nc2cc(C(=O)O)ccc2F)CC(C)(C)C1. The molecule has 1 aliphatic carbocycles. The summed E-state index contributed by atoms with van der Waals surface area (Å²) < 4.78 is 13.8. The van der Waals surface area contributed by atoms with Crippen LogP contribution in [0.3, 0.4) is 0 Å². The quantitative estimate of drug-likeness (QED) is 0.873. The highest BCUT2D eigenvalue weighted by molar-refractivity contribution is 5.88. The van der Waals surface area contributed by atoms with Gasteiger partial charge in [0.15, 0.2) is 0 Å². The summed E-state index contributed by atoms with van der Waals surface area (Å²) in [4.78, 5) is 11.0. The number of aromatic carboxylic acids is 1. The van der Waals surface area contributed by atoms with Crippen molar-refractivity contribution in [1.29, 1.82) is 0 Å². The Morgan fingerprint density at radius 3 is 2.70 bits per heavy atom. The lowest BCUT2D eigenvalue weighted by Gasteiger charge is -2.39. The predicted octanol–water partition coefficient (Wildman–Crippen LogP) is 4.15. The molecule has 1 aliphatic rings. The summed E-state index contributed by atoms with van der Waals surface area (Å²) in [7, 11) is 0. The normalized spacial score (nSPS) is 25.2. The van der Waals surface area contributed by atoms with Gasteiger partial charge in [-0.1, -0.05) is 20.8 Å². The fraction of sp³-hybridized carbons (Fsp3) is 0.562. The van der Waals surface area contributed by atoms with Gasteiger partial charge in [0.05, 0.1) is 11.3 Å². The van der Waals surface area contributed by atoms with Gasteiger partial charge in [0.2, 0.25) is 0 Å². The first kappa shape index (κ1) is 14.8. The molecule has 0 amide bonds. The molecule has 1 aromatic rings. The van der Waals surface area contributed by atoms with E-state index in [9.17, 15) is 9.18 Å². The van der Waals surface area contributed by atoms with E-state index in [1.54, 1.807) is 0 Å². The molecule has 2 rings (SSSR count). The molecule has 0 spiro atoms. The summed E-state index contributed by atoms with van der Waals surface area (Å²) in [6.45, 7) is 6.66. The third-order valence-electron chi connectivity index (χ3n) is 3.96. The van der Waals surface area contributed by atoms with Crippen LogP contribution >= 0.6 is 0 Å². The maximum atomic E-state index is 13.8. The molecule has 1 aromatic carbocycles. The van der Waals surface area contributed by atoms with E-state index in [2.05, 4.69) is 26.1 Å². The van der Waals surface area contributed by atoms with Crippen LogP contribution in [0.5, 0.6) is 0 Å². The second-order valence-corrected chi connectivity index (χ2v) is 6.75. The molecule has 20 heavy (non-hydrogen) atoms. The van der Waals surface area contributed by atoms with Crippen molar-refractivity contribution in [2.45, 2.75) is 46.1 Å². The molecule has 2 unspecified atom stereocenters. The zero-order chi connectivity index (χ0) is 14.9. The highest BCUT2D eigenvalue weighted by Gasteiger charge is 2.32. The lowest BCUT2D eigenvalue weighted by Crippen LogP contribution is -2.35. The van der Waals surface area contributed by atoms with Gasteiger partial charge in [-0.05, 0) is 48.8 Å². The molecule has 0 aromatic heterocycles. The highest BCUT2D eigenvalue weighted by Crippen LogP contribution is 2.39. The van der Waals surface area contributed by atoms with Gasteiger partial charge in [-0.3, -0.25) is 0 Å². The van der Waals surface area contributed by atoms with Gasteiger partial charge < -0.3 is 10.4 Å². The zero-order valence-corrected chi connectivity index (χ0v) is 12.2. The van der Waals surface area contributed by atoms with E-state index < -0.39 is 11.8 Å². The Labute approximate surface area is 119 Å². The van der Waals surface area contributed by atoms with E-state index in [0.717, 1.165) is 12.8 Å². The number of rotatable bonds is 3. The molecule has 0 bridgehead atoms. The van der Waals surface area contributed by atoms with Crippen molar-refractivity contribution in [3.63, 3.8) is 0 Å². The molecule has 0 radical (unpaired) electrons. The molecule has 0 heterocycles. The summed E-state index contributed by atoms with van der Waals surface area (Å²) in [6.07, 6.45) is 3.12. The van der Waals surface area contributed by atoms with Gasteiger partial charge in [-0.2, -0.15) is 0 Å². The van der Waals surface area contributed by atoms with Crippen molar-refractivity contribution in [3.05, 3.63) is 29.6 Å². The van der Waals surface area contributed by atoms with Crippen molar-refractivity contribution < 1.29 is 14.3 Å². The van der Waals surface area contributed by atoms with Crippen LogP contribution in [0.25, 0.3) is 0 Å². The second kappa shape index (κ2) is 5.43. The number of nitrogens with one attached hydrogen (secondary N) is 1. The number of benzene rings is 1. The first-order valence-corrected chi connectivity index (χ1v) is 7.06. The van der Waals surface area contributed by atoms with Gasteiger partial charge in [-0.25, -0.2) is 9.18 Å². The molecule has 2 N–H and O–H groups in total. The number of anilines is 1. The van der Waals surface area contributed by atoms with Crippen LogP contribution in [0, 0.1) is 17.2 Å². The largest absolute Gasteiger partial charge is 0.478 e. The topological polar surface area (TPSA) is 49.3 Å². The Kier molecular flexibility index (Phi) is 4.02. The lowest BCUT2D eigenvalue weighted by molar-refractivity contribution is 0.0697. The maximum absolute atomic E-state index is 13.8. The second-order valence-electron chi connectivity index (χ2n) is 6.75. The van der Waals surface area contributed by atoms with E-state index in [0.29, 0.717) is 11.6 Å². The van der Waals surface area contributed by atoms with E-state index >= 15 is 0 Å². The van der Waals surface area contributed by atoms with Crippen LogP contribution in [-0.2, 0) is 0 Å². The average Bonchev–Trinajstić information content (AvgIpc) is 2.28. The summed E-state index contributed by atoms with van der Waals surface area (Å²) >= 11 is 0. The number of carboxylic acid groups (broad SMARTS) is 1. The van der Waals surface area contributed by atoms with E-state index in [1.165, 1.54) is 24.6 Å². The molecule has 1 saturated carbocycles. The van der Waals surface area contributed by atoms with Crippen LogP contribution in [0.2, 0.25) is 0 Å². The van der Waals surface area contributed by atoms with Crippen LogP contribution in [0.1, 0.15) is 50.4 Å². The highest BCUT2D eigenvalue weighted by atomic mass is 19.1. The van der Waals surface area contributed by atoms with E-state index in [-0.39, 0.29) is 17.0 Å². The van der Waals surface area contributed by atoms with Crippen LogP contribution in [-0.4, -0.2) is 17.1 Å². The van der Waals surface area contributed by atoms with Crippen LogP contribution in [0.15, 0.2) is 18.2 Å². The van der Waals surface area contributed by atoms with E-state index in [4.69, 9.17) is 5.11 Å². The molecule has 0 aliphatic heterocycles. The van der Waals surface area contributed by atoms with Crippen molar-refractivity contribution >= 4 is 11.7 Å². The zero-order valence-electron chi connectivity index (χ0n) is 12.2. The Balaban J connectivity index is 2.17. The third kappa shape index (κ3) is 3.50. The molecule has 4 heteroatoms. The number of carbonyl (C=O) groups is 1. The minimum absolute atomic E-state index is 0.108. The molecular formula is C16H22FNO2. The first-order valence-electron chi connectivity index (χ1n) is 7.06. The smallest absolute Gasteiger partial charge is 0.335 e. The van der Waals surface area contributed by atoms with Crippen molar-refractivity contribution in [3.8, 4) is 0 Å². The minimum Gasteiger partial charge on any atom is -0.478 e. The predicted molar refractivity (Wildman–Crippen MR) is 77.6 cm³/mol. The molecule has 0 saturated heterocycles. The lowest BCUT2D eigenvalue weighted by atomic mass is 9.70. The molecule has 110 valence electrons. The van der Waals surface area contributed by atoms with Gasteiger partial charge in [0.1, 0.15) is 5.82 Å². The monoisotopic (exact) mass is 279 g/mol. The van der Waals surface area contributed by atoms with Crippen LogP contribution in [0.4, 0.5) is 10.1 Å². The Bertz CT molecular complexity index is 513. The summed E-state index contributed by atoms with van der Waals surface area (Å²) in [6, 6.07) is 4.07. The van der Waals surface area contributed by atoms with Crippen molar-refractivity contribution in [2.75, 3.05) is 5.32 Å². The Morgan fingerprint density at radius 1 is 1.40 bits per heavy atom. The first-order chi connectivity index (χ1) is 9.27. The number of hydrogen-bond acceptors (Lipinski definition) is 2. The Hall–Kier alpha value is -1.58. The van der Waals surface area contributed by atoms with E-state index in [1.807, 2.05) is 0 Å². The van der Waals surface area contributed by atoms with Gasteiger partial charge in [-0.15, -0.1) is 0 Å². The summed E-state index contributed by atoms with van der Waals surface area (Å²) in [5.74, 6) is -0.849. The van der Waals surface area contributed by atoms with Gasteiger partial charge >= 0.3 is 5.97 Å².